The minimum atomic E-state index is -0.0691. The third-order valence-corrected chi connectivity index (χ3v) is 16.3. The summed E-state index contributed by atoms with van der Waals surface area (Å²) in [5.41, 5.74) is 33.0. The van der Waals surface area contributed by atoms with Crippen LogP contribution in [0.25, 0.3) is 95.1 Å². The van der Waals surface area contributed by atoms with E-state index < -0.39 is 0 Å². The fourth-order valence-corrected chi connectivity index (χ4v) is 11.7. The van der Waals surface area contributed by atoms with E-state index in [0.29, 0.717) is 0 Å². The first-order valence-electron chi connectivity index (χ1n) is 26.2. The van der Waals surface area contributed by atoms with Crippen molar-refractivity contribution >= 4 is 6.08 Å². The van der Waals surface area contributed by atoms with Crippen LogP contribution >= 0.6 is 0 Å². The second-order valence-corrected chi connectivity index (χ2v) is 21.9. The van der Waals surface area contributed by atoms with Gasteiger partial charge in [-0.15, -0.1) is 0 Å². The molecule has 10 aromatic rings. The van der Waals surface area contributed by atoms with Gasteiger partial charge < -0.3 is 0 Å². The summed E-state index contributed by atoms with van der Waals surface area (Å²) >= 11 is 0. The van der Waals surface area contributed by atoms with Gasteiger partial charge in [0.05, 0.1) is 0 Å². The van der Waals surface area contributed by atoms with Gasteiger partial charge in [-0.25, -0.2) is 0 Å². The molecule has 0 atom stereocenters. The first kappa shape index (κ1) is 46.0. The maximum atomic E-state index is 2.43. The van der Waals surface area contributed by atoms with E-state index in [-0.39, 0.29) is 10.8 Å². The maximum Gasteiger partial charge on any atom is 0.0159 e. The molecule has 0 unspecified atom stereocenters. The molecule has 0 radical (unpaired) electrons. The summed E-state index contributed by atoms with van der Waals surface area (Å²) in [6.45, 7) is 15.9. The molecule has 13 rings (SSSR count). The lowest BCUT2D eigenvalue weighted by Gasteiger charge is -2.23. The smallest absolute Gasteiger partial charge is 0.0159 e. The van der Waals surface area contributed by atoms with Crippen LogP contribution in [0.1, 0.15) is 84.2 Å². The summed E-state index contributed by atoms with van der Waals surface area (Å²) in [6, 6.07) is 79.4. The summed E-state index contributed by atoms with van der Waals surface area (Å²) in [4.78, 5) is 0. The van der Waals surface area contributed by atoms with Crippen molar-refractivity contribution in [2.75, 3.05) is 0 Å². The topological polar surface area (TPSA) is 0 Å². The molecule has 0 heteroatoms. The van der Waals surface area contributed by atoms with Gasteiger partial charge in [-0.3, -0.25) is 0 Å². The Morgan fingerprint density at radius 3 is 0.849 bits per heavy atom. The van der Waals surface area contributed by atoms with Gasteiger partial charge in [0.25, 0.3) is 0 Å². The molecule has 73 heavy (non-hydrogen) atoms. The largest absolute Gasteiger partial charge is 0.0836 e. The van der Waals surface area contributed by atoms with Crippen LogP contribution in [0.2, 0.25) is 0 Å². The average molecular weight is 939 g/mol. The van der Waals surface area contributed by atoms with Crippen molar-refractivity contribution in [1.29, 1.82) is 0 Å². The van der Waals surface area contributed by atoms with Crippen molar-refractivity contribution in [2.24, 2.45) is 0 Å². The normalized spacial score (nSPS) is 14.0. The predicted octanol–water partition coefficient (Wildman–Crippen LogP) is 19.9. The van der Waals surface area contributed by atoms with Gasteiger partial charge >= 0.3 is 0 Å². The minimum absolute atomic E-state index is 0.0184. The predicted molar refractivity (Wildman–Crippen MR) is 312 cm³/mol. The first-order chi connectivity index (χ1) is 35.4. The van der Waals surface area contributed by atoms with Crippen molar-refractivity contribution in [3.8, 4) is 89.0 Å². The third-order valence-electron chi connectivity index (χ3n) is 16.3. The van der Waals surface area contributed by atoms with E-state index in [4.69, 9.17) is 0 Å². The molecule has 0 aliphatic heterocycles. The summed E-state index contributed by atoms with van der Waals surface area (Å²) in [5.74, 6) is 0. The number of fused-ring (bicyclic) bond motifs is 7. The van der Waals surface area contributed by atoms with Gasteiger partial charge in [-0.2, -0.15) is 0 Å². The Bertz CT molecular complexity index is 3600. The Labute approximate surface area is 433 Å². The van der Waals surface area contributed by atoms with E-state index in [0.717, 1.165) is 12.8 Å². The highest BCUT2D eigenvalue weighted by Gasteiger charge is 2.37. The minimum Gasteiger partial charge on any atom is -0.0836 e. The lowest BCUT2D eigenvalue weighted by atomic mass is 9.80. The first-order valence-corrected chi connectivity index (χ1v) is 26.2. The number of benzene rings is 10. The molecule has 354 valence electrons. The molecular formula is C73H62. The van der Waals surface area contributed by atoms with Crippen LogP contribution in [0, 0.1) is 20.8 Å². The molecule has 0 N–H and O–H groups in total. The van der Waals surface area contributed by atoms with Gasteiger partial charge in [-0.1, -0.05) is 239 Å². The number of rotatable bonds is 6. The zero-order valence-electron chi connectivity index (χ0n) is 43.3. The van der Waals surface area contributed by atoms with Gasteiger partial charge in [-0.05, 0) is 186 Å². The molecule has 0 spiro atoms. The number of hydrogen-bond acceptors (Lipinski definition) is 0. The summed E-state index contributed by atoms with van der Waals surface area (Å²) in [5, 5.41) is 0. The maximum absolute atomic E-state index is 2.43. The fourth-order valence-electron chi connectivity index (χ4n) is 11.7. The molecule has 0 bridgehead atoms. The monoisotopic (exact) mass is 938 g/mol. The highest BCUT2D eigenvalue weighted by Crippen LogP contribution is 2.52. The Balaban J connectivity index is 0.000000153. The number of allylic oxidation sites excluding steroid dienone is 1. The molecule has 0 saturated carbocycles. The fraction of sp³-hybridized carbons (Fsp3) is 0.151. The molecular weight excluding hydrogens is 877 g/mol. The van der Waals surface area contributed by atoms with Crippen molar-refractivity contribution in [3.05, 3.63) is 268 Å². The number of hydrogen-bond donors (Lipinski definition) is 0. The van der Waals surface area contributed by atoms with Crippen molar-refractivity contribution in [1.82, 2.24) is 0 Å². The van der Waals surface area contributed by atoms with Crippen LogP contribution in [0.5, 0.6) is 0 Å². The zero-order chi connectivity index (χ0) is 50.0. The van der Waals surface area contributed by atoms with E-state index >= 15 is 0 Å². The molecule has 0 saturated heterocycles. The summed E-state index contributed by atoms with van der Waals surface area (Å²) < 4.78 is 0. The van der Waals surface area contributed by atoms with Crippen LogP contribution < -0.4 is 0 Å². The molecule has 3 aliphatic rings. The Hall–Kier alpha value is -8.06. The van der Waals surface area contributed by atoms with Crippen LogP contribution in [0.4, 0.5) is 0 Å². The average Bonchev–Trinajstić information content (AvgIpc) is 3.80. The molecule has 0 fully saturated rings. The zero-order valence-corrected chi connectivity index (χ0v) is 43.3. The van der Waals surface area contributed by atoms with Crippen LogP contribution in [-0.2, 0) is 17.3 Å². The highest BCUT2D eigenvalue weighted by atomic mass is 14.4. The Morgan fingerprint density at radius 2 is 0.521 bits per heavy atom. The lowest BCUT2D eigenvalue weighted by Crippen LogP contribution is -2.15. The van der Waals surface area contributed by atoms with Crippen molar-refractivity contribution in [3.63, 3.8) is 0 Å². The Morgan fingerprint density at radius 1 is 0.274 bits per heavy atom. The second kappa shape index (κ2) is 18.2. The van der Waals surface area contributed by atoms with Gasteiger partial charge in [0.15, 0.2) is 0 Å². The van der Waals surface area contributed by atoms with Gasteiger partial charge in [0, 0.05) is 10.8 Å². The van der Waals surface area contributed by atoms with Crippen LogP contribution in [0.15, 0.2) is 218 Å². The standard InChI is InChI=1S/C41H34.C32H28/c1-27-5-9-29(10-6-27)31-13-17-33(18-14-31)35-21-23-37-38-24-22-36(26-40(38)41(3,4)39(37)25-35)34-19-15-32(16-20-34)30-11-7-28(2)8-12-30;1-21-8-10-23(11-9-21)26-14-16-28-29-17-15-27(20-31(29)32(2,3)30(28)19-26)25-13-12-22-6-4-5-7-24(22)18-25/h5-26H,1-4H3;5,7-20H,4,6H2,1-3H3. The molecule has 10 aromatic carbocycles. The van der Waals surface area contributed by atoms with E-state index in [2.05, 4.69) is 273 Å². The van der Waals surface area contributed by atoms with E-state index in [9.17, 15) is 0 Å². The van der Waals surface area contributed by atoms with E-state index in [1.54, 1.807) is 0 Å². The quantitative estimate of drug-likeness (QED) is 0.156. The highest BCUT2D eigenvalue weighted by molar-refractivity contribution is 5.88. The van der Waals surface area contributed by atoms with E-state index in [1.165, 1.54) is 139 Å². The molecule has 0 heterocycles. The van der Waals surface area contributed by atoms with Crippen molar-refractivity contribution in [2.45, 2.75) is 72.1 Å². The molecule has 3 aliphatic carbocycles. The lowest BCUT2D eigenvalue weighted by molar-refractivity contribution is 0.660. The molecule has 0 amide bonds. The third kappa shape index (κ3) is 8.49. The van der Waals surface area contributed by atoms with Gasteiger partial charge in [0.2, 0.25) is 0 Å². The molecule has 0 nitrogen and oxygen atoms in total. The Kier molecular flexibility index (Phi) is 11.5. The second-order valence-electron chi connectivity index (χ2n) is 21.9. The summed E-state index contributed by atoms with van der Waals surface area (Å²) in [7, 11) is 0. The SMILES string of the molecule is Cc1ccc(-c2ccc(-c3ccc4c(c3)C(C)(C)c3cc(-c5ccc(-c6ccc(C)cc6)cc5)ccc3-4)cc2)cc1.Cc1ccc(-c2ccc3c(c2)C(C)(C)c2cc(-c4ccc5c(c4)C=CCC5)ccc2-3)cc1. The van der Waals surface area contributed by atoms with E-state index in [1.807, 2.05) is 0 Å². The summed E-state index contributed by atoms with van der Waals surface area (Å²) in [6.07, 6.45) is 6.88. The van der Waals surface area contributed by atoms with Crippen molar-refractivity contribution < 1.29 is 0 Å². The van der Waals surface area contributed by atoms with Gasteiger partial charge in [0.1, 0.15) is 0 Å². The molecule has 0 aromatic heterocycles. The van der Waals surface area contributed by atoms with Crippen LogP contribution in [-0.4, -0.2) is 0 Å². The van der Waals surface area contributed by atoms with Crippen LogP contribution in [0.3, 0.4) is 0 Å². The number of aryl methyl sites for hydroxylation is 4.